The summed E-state index contributed by atoms with van der Waals surface area (Å²) in [6.45, 7) is 5.46. The molecule has 0 aliphatic carbocycles. The molecule has 0 radical (unpaired) electrons. The number of halogens is 1. The van der Waals surface area contributed by atoms with E-state index in [2.05, 4.69) is 5.32 Å². The van der Waals surface area contributed by atoms with E-state index in [0.717, 1.165) is 25.9 Å². The number of unbranched alkanes of at least 4 members (excludes halogenated alkanes) is 1. The maximum Gasteiger partial charge on any atom is 0.237 e. The van der Waals surface area contributed by atoms with Gasteiger partial charge in [-0.25, -0.2) is 0 Å². The Hall–Kier alpha value is -0.320. The molecule has 0 fully saturated rings. The van der Waals surface area contributed by atoms with Crippen LogP contribution in [-0.4, -0.2) is 32.2 Å². The van der Waals surface area contributed by atoms with Crippen LogP contribution in [0.2, 0.25) is 0 Å². The lowest BCUT2D eigenvalue weighted by molar-refractivity contribution is -0.123. The number of carbonyl (C=O) groups excluding carboxylic acids is 1. The summed E-state index contributed by atoms with van der Waals surface area (Å²) in [6.07, 6.45) is 2.83. The van der Waals surface area contributed by atoms with Crippen LogP contribution in [0.25, 0.3) is 0 Å². The Bertz CT molecular complexity index is 179. The Morgan fingerprint density at radius 2 is 2.06 bits per heavy atom. The van der Waals surface area contributed by atoms with Crippen molar-refractivity contribution >= 4 is 18.3 Å². The molecule has 0 spiro atoms. The topological polar surface area (TPSA) is 64.4 Å². The Morgan fingerprint density at radius 3 is 2.56 bits per heavy atom. The number of hydrogen-bond donors (Lipinski definition) is 2. The Balaban J connectivity index is 0. The van der Waals surface area contributed by atoms with Gasteiger partial charge in [-0.2, -0.15) is 0 Å². The zero-order valence-corrected chi connectivity index (χ0v) is 11.3. The van der Waals surface area contributed by atoms with Crippen LogP contribution in [0, 0.1) is 5.92 Å². The molecule has 0 aliphatic rings. The molecule has 0 saturated heterocycles. The lowest BCUT2D eigenvalue weighted by Crippen LogP contribution is -2.44. The first-order valence-electron chi connectivity index (χ1n) is 5.65. The normalized spacial score (nSPS) is 13.8. The second-order valence-corrected chi connectivity index (χ2v) is 3.90. The maximum atomic E-state index is 11.5. The van der Waals surface area contributed by atoms with E-state index in [9.17, 15) is 4.79 Å². The Kier molecular flexibility index (Phi) is 12.6. The molecule has 0 aromatic carbocycles. The zero-order valence-electron chi connectivity index (χ0n) is 10.5. The number of amides is 1. The molecule has 2 unspecified atom stereocenters. The average molecular weight is 253 g/mol. The number of ether oxygens (including phenoxy) is 1. The monoisotopic (exact) mass is 252 g/mol. The van der Waals surface area contributed by atoms with Gasteiger partial charge in [0.25, 0.3) is 0 Å². The van der Waals surface area contributed by atoms with Crippen molar-refractivity contribution in [1.29, 1.82) is 0 Å². The van der Waals surface area contributed by atoms with Crippen LogP contribution in [-0.2, 0) is 9.53 Å². The summed E-state index contributed by atoms with van der Waals surface area (Å²) in [6, 6.07) is -0.377. The molecule has 4 nitrogen and oxygen atoms in total. The van der Waals surface area contributed by atoms with Gasteiger partial charge in [0.05, 0.1) is 6.04 Å². The van der Waals surface area contributed by atoms with E-state index in [0.29, 0.717) is 6.54 Å². The summed E-state index contributed by atoms with van der Waals surface area (Å²) in [5.41, 5.74) is 5.78. The van der Waals surface area contributed by atoms with Crippen LogP contribution in [0.15, 0.2) is 0 Å². The van der Waals surface area contributed by atoms with Gasteiger partial charge in [-0.1, -0.05) is 20.3 Å². The molecular weight excluding hydrogens is 228 g/mol. The number of carbonyl (C=O) groups is 1. The maximum absolute atomic E-state index is 11.5. The SMILES string of the molecule is CCC(C)C(N)C(=O)NCCCCOC.Cl. The standard InChI is InChI=1S/C11H24N2O2.ClH/c1-4-9(2)10(12)11(14)13-7-5-6-8-15-3;/h9-10H,4-8,12H2,1-3H3,(H,13,14);1H. The van der Waals surface area contributed by atoms with Gasteiger partial charge in [-0.3, -0.25) is 4.79 Å². The predicted molar refractivity (Wildman–Crippen MR) is 68.8 cm³/mol. The summed E-state index contributed by atoms with van der Waals surface area (Å²) >= 11 is 0. The van der Waals surface area contributed by atoms with Crippen molar-refractivity contribution in [2.45, 2.75) is 39.2 Å². The second-order valence-electron chi connectivity index (χ2n) is 3.90. The van der Waals surface area contributed by atoms with E-state index in [1.165, 1.54) is 0 Å². The molecule has 3 N–H and O–H groups in total. The van der Waals surface area contributed by atoms with Crippen molar-refractivity contribution in [3.63, 3.8) is 0 Å². The Labute approximate surface area is 105 Å². The third-order valence-electron chi connectivity index (χ3n) is 2.63. The number of methoxy groups -OCH3 is 1. The first kappa shape index (κ1) is 18.1. The largest absolute Gasteiger partial charge is 0.385 e. The van der Waals surface area contributed by atoms with Gasteiger partial charge in [-0.15, -0.1) is 12.4 Å². The summed E-state index contributed by atoms with van der Waals surface area (Å²) < 4.78 is 4.91. The van der Waals surface area contributed by atoms with Gasteiger partial charge in [0.2, 0.25) is 5.91 Å². The first-order chi connectivity index (χ1) is 7.13. The van der Waals surface area contributed by atoms with Gasteiger partial charge in [-0.05, 0) is 18.8 Å². The molecule has 0 aromatic heterocycles. The quantitative estimate of drug-likeness (QED) is 0.641. The van der Waals surface area contributed by atoms with E-state index >= 15 is 0 Å². The van der Waals surface area contributed by atoms with Gasteiger partial charge in [0.1, 0.15) is 0 Å². The van der Waals surface area contributed by atoms with Crippen LogP contribution in [0.4, 0.5) is 0 Å². The second kappa shape index (κ2) is 11.2. The molecule has 5 heteroatoms. The predicted octanol–water partition coefficient (Wildman–Crippen LogP) is 1.32. The van der Waals surface area contributed by atoms with Crippen molar-refractivity contribution in [2.75, 3.05) is 20.3 Å². The Morgan fingerprint density at radius 1 is 1.44 bits per heavy atom. The minimum absolute atomic E-state index is 0. The van der Waals surface area contributed by atoms with Crippen molar-refractivity contribution < 1.29 is 9.53 Å². The van der Waals surface area contributed by atoms with E-state index in [1.807, 2.05) is 13.8 Å². The minimum Gasteiger partial charge on any atom is -0.385 e. The first-order valence-corrected chi connectivity index (χ1v) is 5.65. The van der Waals surface area contributed by atoms with Crippen molar-refractivity contribution in [1.82, 2.24) is 5.32 Å². The molecule has 0 aliphatic heterocycles. The fourth-order valence-electron chi connectivity index (χ4n) is 1.21. The lowest BCUT2D eigenvalue weighted by Gasteiger charge is -2.17. The highest BCUT2D eigenvalue weighted by Crippen LogP contribution is 2.04. The summed E-state index contributed by atoms with van der Waals surface area (Å²) in [5, 5.41) is 2.84. The molecule has 98 valence electrons. The van der Waals surface area contributed by atoms with Crippen LogP contribution in [0.5, 0.6) is 0 Å². The van der Waals surface area contributed by atoms with Gasteiger partial charge in [0.15, 0.2) is 0 Å². The van der Waals surface area contributed by atoms with Crippen LogP contribution < -0.4 is 11.1 Å². The number of rotatable bonds is 8. The van der Waals surface area contributed by atoms with Gasteiger partial charge in [0, 0.05) is 20.3 Å². The molecule has 1 amide bonds. The van der Waals surface area contributed by atoms with E-state index < -0.39 is 0 Å². The van der Waals surface area contributed by atoms with Crippen molar-refractivity contribution in [2.24, 2.45) is 11.7 Å². The molecule has 0 rings (SSSR count). The van der Waals surface area contributed by atoms with Crippen LogP contribution >= 0.6 is 12.4 Å². The smallest absolute Gasteiger partial charge is 0.237 e. The van der Waals surface area contributed by atoms with Gasteiger partial charge < -0.3 is 15.8 Å². The third kappa shape index (κ3) is 7.91. The minimum atomic E-state index is -0.377. The molecule has 0 bridgehead atoms. The molecule has 0 heterocycles. The zero-order chi connectivity index (χ0) is 11.7. The molecule has 0 aromatic rings. The number of nitrogens with two attached hydrogens (primary N) is 1. The van der Waals surface area contributed by atoms with E-state index in [4.69, 9.17) is 10.5 Å². The van der Waals surface area contributed by atoms with Crippen LogP contribution in [0.3, 0.4) is 0 Å². The summed E-state index contributed by atoms with van der Waals surface area (Å²) in [5.74, 6) is 0.200. The summed E-state index contributed by atoms with van der Waals surface area (Å²) in [4.78, 5) is 11.5. The summed E-state index contributed by atoms with van der Waals surface area (Å²) in [7, 11) is 1.68. The average Bonchev–Trinajstić information content (AvgIpc) is 2.26. The lowest BCUT2D eigenvalue weighted by atomic mass is 9.99. The van der Waals surface area contributed by atoms with Crippen molar-refractivity contribution in [3.05, 3.63) is 0 Å². The highest BCUT2D eigenvalue weighted by Gasteiger charge is 2.18. The fraction of sp³-hybridized carbons (Fsp3) is 0.909. The highest BCUT2D eigenvalue weighted by molar-refractivity contribution is 5.85. The number of hydrogen-bond acceptors (Lipinski definition) is 3. The van der Waals surface area contributed by atoms with E-state index in [-0.39, 0.29) is 30.3 Å². The molecule has 0 saturated carbocycles. The molecular formula is C11H25ClN2O2. The third-order valence-corrected chi connectivity index (χ3v) is 2.63. The number of nitrogens with one attached hydrogen (secondary N) is 1. The van der Waals surface area contributed by atoms with Gasteiger partial charge >= 0.3 is 0 Å². The highest BCUT2D eigenvalue weighted by atomic mass is 35.5. The molecule has 16 heavy (non-hydrogen) atoms. The van der Waals surface area contributed by atoms with Crippen LogP contribution in [0.1, 0.15) is 33.1 Å². The van der Waals surface area contributed by atoms with Crippen molar-refractivity contribution in [3.8, 4) is 0 Å². The fourth-order valence-corrected chi connectivity index (χ4v) is 1.21. The molecule has 2 atom stereocenters. The van der Waals surface area contributed by atoms with E-state index in [1.54, 1.807) is 7.11 Å².